The Morgan fingerprint density at radius 2 is 1.54 bits per heavy atom. The van der Waals surface area contributed by atoms with E-state index >= 15 is 0 Å². The molecule has 4 rings (SSSR count). The number of hydrogen-bond donors (Lipinski definition) is 3. The molecule has 37 heavy (non-hydrogen) atoms. The topological polar surface area (TPSA) is 137 Å². The number of nitrogens with zero attached hydrogens (tertiary/aromatic N) is 3. The number of aromatic nitrogens is 3. The number of nitrogens with two attached hydrogens (primary N) is 2. The molecule has 0 saturated carbocycles. The van der Waals surface area contributed by atoms with Gasteiger partial charge in [-0.3, -0.25) is 4.79 Å². The summed E-state index contributed by atoms with van der Waals surface area (Å²) in [6.45, 7) is 0. The van der Waals surface area contributed by atoms with Crippen LogP contribution in [0.25, 0.3) is 22.5 Å². The lowest BCUT2D eigenvalue weighted by molar-refractivity contribution is -0.199. The van der Waals surface area contributed by atoms with Crippen molar-refractivity contribution in [1.82, 2.24) is 15.0 Å². The Kier molecular flexibility index (Phi) is 7.35. The predicted molar refractivity (Wildman–Crippen MR) is 130 cm³/mol. The third-order valence-electron chi connectivity index (χ3n) is 5.47. The highest BCUT2D eigenvalue weighted by atomic mass is 19.4. The molecule has 5 N–H and O–H groups in total. The number of nitrogen functional groups attached to an aromatic ring is 1. The van der Waals surface area contributed by atoms with E-state index in [-0.39, 0.29) is 23.8 Å². The average molecular weight is 509 g/mol. The summed E-state index contributed by atoms with van der Waals surface area (Å²) in [6, 6.07) is 19.4. The number of aliphatic carboxylic acids is 1. The maximum atomic E-state index is 14.2. The van der Waals surface area contributed by atoms with Crippen LogP contribution in [0, 0.1) is 0 Å². The number of hydrogen-bond acceptors (Lipinski definition) is 7. The van der Waals surface area contributed by atoms with Crippen molar-refractivity contribution < 1.29 is 27.8 Å². The van der Waals surface area contributed by atoms with Crippen LogP contribution < -0.4 is 16.2 Å². The highest BCUT2D eigenvalue weighted by Gasteiger charge is 2.45. The second-order valence-electron chi connectivity index (χ2n) is 8.14. The van der Waals surface area contributed by atoms with E-state index in [9.17, 15) is 18.0 Å². The van der Waals surface area contributed by atoms with Gasteiger partial charge < -0.3 is 21.3 Å². The van der Waals surface area contributed by atoms with Crippen molar-refractivity contribution in [3.05, 3.63) is 90.0 Å². The third-order valence-corrected chi connectivity index (χ3v) is 5.47. The number of carboxylic acids is 1. The molecule has 0 aliphatic heterocycles. The van der Waals surface area contributed by atoms with Crippen LogP contribution in [0.3, 0.4) is 0 Å². The first-order chi connectivity index (χ1) is 17.6. The zero-order valence-electron chi connectivity index (χ0n) is 19.3. The number of rotatable bonds is 8. The molecule has 1 heterocycles. The lowest BCUT2D eigenvalue weighted by atomic mass is 9.96. The molecule has 190 valence electrons. The van der Waals surface area contributed by atoms with Crippen LogP contribution in [0.2, 0.25) is 0 Å². The Balaban J connectivity index is 1.66. The standard InChI is InChI=1S/C26H22F3N5O3/c27-26(28,29)21(19-9-5-4-8-18(19)16-6-2-1-3-7-16)37-25-33-22(32-24(31)34-25)17-12-10-15(11-13-17)14-20(30)23(35)36/h1-13,20-21H,14,30H2,(H,35,36)(H2,31,32,33,34)/t20?,21-/m1/s1. The zero-order chi connectivity index (χ0) is 26.6. The third kappa shape index (κ3) is 6.19. The van der Waals surface area contributed by atoms with E-state index in [1.165, 1.54) is 12.1 Å². The van der Waals surface area contributed by atoms with Gasteiger partial charge in [0.2, 0.25) is 12.1 Å². The van der Waals surface area contributed by atoms with Crippen LogP contribution in [-0.2, 0) is 11.2 Å². The van der Waals surface area contributed by atoms with Gasteiger partial charge in [-0.25, -0.2) is 0 Å². The number of carbonyl (C=O) groups is 1. The molecule has 2 atom stereocenters. The van der Waals surface area contributed by atoms with Gasteiger partial charge in [0.05, 0.1) is 0 Å². The minimum absolute atomic E-state index is 0.00569. The van der Waals surface area contributed by atoms with Crippen molar-refractivity contribution in [3.63, 3.8) is 0 Å². The Morgan fingerprint density at radius 3 is 2.19 bits per heavy atom. The molecular formula is C26H22F3N5O3. The van der Waals surface area contributed by atoms with Crippen molar-refractivity contribution in [2.24, 2.45) is 5.73 Å². The van der Waals surface area contributed by atoms with Crippen molar-refractivity contribution >= 4 is 11.9 Å². The van der Waals surface area contributed by atoms with Crippen LogP contribution in [0.4, 0.5) is 19.1 Å². The van der Waals surface area contributed by atoms with Gasteiger partial charge in [0.1, 0.15) is 6.04 Å². The van der Waals surface area contributed by atoms with E-state index in [0.29, 0.717) is 22.3 Å². The van der Waals surface area contributed by atoms with E-state index in [1.54, 1.807) is 66.7 Å². The molecule has 0 radical (unpaired) electrons. The molecule has 3 aromatic carbocycles. The molecule has 1 unspecified atom stereocenters. The molecule has 0 aliphatic rings. The SMILES string of the molecule is Nc1nc(O[C@H](c2ccccc2-c2ccccc2)C(F)(F)F)nc(-c2ccc(CC(N)C(=O)O)cc2)n1. The van der Waals surface area contributed by atoms with Gasteiger partial charge in [-0.05, 0) is 23.1 Å². The number of halogens is 3. The van der Waals surface area contributed by atoms with Gasteiger partial charge in [-0.2, -0.15) is 28.1 Å². The molecule has 8 nitrogen and oxygen atoms in total. The predicted octanol–water partition coefficient (Wildman–Crippen LogP) is 4.42. The Bertz CT molecular complexity index is 1380. The maximum absolute atomic E-state index is 14.2. The van der Waals surface area contributed by atoms with Crippen molar-refractivity contribution in [2.45, 2.75) is 24.7 Å². The monoisotopic (exact) mass is 509 g/mol. The molecule has 1 aromatic heterocycles. The maximum Gasteiger partial charge on any atom is 0.429 e. The average Bonchev–Trinajstić information content (AvgIpc) is 2.87. The Hall–Kier alpha value is -4.51. The van der Waals surface area contributed by atoms with Crippen LogP contribution in [-0.4, -0.2) is 38.2 Å². The van der Waals surface area contributed by atoms with E-state index in [0.717, 1.165) is 0 Å². The molecule has 0 amide bonds. The van der Waals surface area contributed by atoms with Crippen LogP contribution in [0.5, 0.6) is 6.01 Å². The summed E-state index contributed by atoms with van der Waals surface area (Å²) in [4.78, 5) is 22.8. The second-order valence-corrected chi connectivity index (χ2v) is 8.14. The summed E-state index contributed by atoms with van der Waals surface area (Å²) in [6.07, 6.45) is -7.08. The highest BCUT2D eigenvalue weighted by molar-refractivity contribution is 5.73. The van der Waals surface area contributed by atoms with Crippen LogP contribution in [0.15, 0.2) is 78.9 Å². The molecule has 0 spiro atoms. The second kappa shape index (κ2) is 10.6. The van der Waals surface area contributed by atoms with Gasteiger partial charge >= 0.3 is 18.2 Å². The minimum atomic E-state index is -4.79. The first-order valence-electron chi connectivity index (χ1n) is 11.1. The van der Waals surface area contributed by atoms with E-state index in [1.807, 2.05) is 0 Å². The van der Waals surface area contributed by atoms with Crippen LogP contribution in [0.1, 0.15) is 17.2 Å². The summed E-state index contributed by atoms with van der Waals surface area (Å²) in [5, 5.41) is 8.97. The number of ether oxygens (including phenoxy) is 1. The number of anilines is 1. The molecular weight excluding hydrogens is 487 g/mol. The van der Waals surface area contributed by atoms with Crippen molar-refractivity contribution in [3.8, 4) is 28.5 Å². The lowest BCUT2D eigenvalue weighted by Gasteiger charge is -2.23. The molecule has 11 heteroatoms. The van der Waals surface area contributed by atoms with Gasteiger partial charge in [0.15, 0.2) is 5.82 Å². The number of benzene rings is 3. The Morgan fingerprint density at radius 1 is 0.892 bits per heavy atom. The molecule has 0 aliphatic carbocycles. The van der Waals surface area contributed by atoms with Crippen molar-refractivity contribution in [1.29, 1.82) is 0 Å². The number of alkyl halides is 3. The van der Waals surface area contributed by atoms with Crippen molar-refractivity contribution in [2.75, 3.05) is 5.73 Å². The normalized spacial score (nSPS) is 13.1. The van der Waals surface area contributed by atoms with E-state index < -0.39 is 30.3 Å². The van der Waals surface area contributed by atoms with Gasteiger partial charge in [0, 0.05) is 11.1 Å². The van der Waals surface area contributed by atoms with E-state index in [2.05, 4.69) is 15.0 Å². The lowest BCUT2D eigenvalue weighted by Crippen LogP contribution is -2.32. The quantitative estimate of drug-likeness (QED) is 0.317. The van der Waals surface area contributed by atoms with Crippen LogP contribution >= 0.6 is 0 Å². The Labute approximate surface area is 209 Å². The first-order valence-corrected chi connectivity index (χ1v) is 11.1. The zero-order valence-corrected chi connectivity index (χ0v) is 19.3. The van der Waals surface area contributed by atoms with Gasteiger partial charge in [-0.1, -0.05) is 78.9 Å². The number of carboxylic acid groups (broad SMARTS) is 1. The molecule has 0 fully saturated rings. The highest BCUT2D eigenvalue weighted by Crippen LogP contribution is 2.40. The minimum Gasteiger partial charge on any atom is -0.480 e. The molecule has 0 saturated heterocycles. The smallest absolute Gasteiger partial charge is 0.429 e. The van der Waals surface area contributed by atoms with Gasteiger partial charge in [0.25, 0.3) is 0 Å². The first kappa shape index (κ1) is 25.6. The fourth-order valence-electron chi connectivity index (χ4n) is 3.70. The summed E-state index contributed by atoms with van der Waals surface area (Å²) in [7, 11) is 0. The summed E-state index contributed by atoms with van der Waals surface area (Å²) < 4.78 is 48.0. The van der Waals surface area contributed by atoms with E-state index in [4.69, 9.17) is 21.3 Å². The molecule has 0 bridgehead atoms. The largest absolute Gasteiger partial charge is 0.480 e. The summed E-state index contributed by atoms with van der Waals surface area (Å²) in [5.74, 6) is -1.47. The molecule has 4 aromatic rings. The fourth-order valence-corrected chi connectivity index (χ4v) is 3.70. The summed E-state index contributed by atoms with van der Waals surface area (Å²) in [5.41, 5.74) is 13.2. The van der Waals surface area contributed by atoms with Gasteiger partial charge in [-0.15, -0.1) is 0 Å². The fraction of sp³-hybridized carbons (Fsp3) is 0.154. The summed E-state index contributed by atoms with van der Waals surface area (Å²) >= 11 is 0.